The Morgan fingerprint density at radius 1 is 1.20 bits per heavy atom. The number of fused-ring (bicyclic) bond motifs is 1. The Morgan fingerprint density at radius 2 is 1.92 bits per heavy atom. The summed E-state index contributed by atoms with van der Waals surface area (Å²) in [5.74, 6) is -1.03. The Hall–Kier alpha value is -2.90. The third-order valence-electron chi connectivity index (χ3n) is 4.69. The molecule has 25 heavy (non-hydrogen) atoms. The lowest BCUT2D eigenvalue weighted by molar-refractivity contribution is -0.131. The number of amides is 2. The molecule has 3 rings (SSSR count). The number of carbonyl (C=O) groups excluding carboxylic acids is 2. The quantitative estimate of drug-likeness (QED) is 0.808. The number of primary amides is 1. The van der Waals surface area contributed by atoms with Gasteiger partial charge >= 0.3 is 5.69 Å². The largest absolute Gasteiger partial charge is 0.369 e. The Bertz CT molecular complexity index is 959. The average Bonchev–Trinajstić information content (AvgIpc) is 3.09. The van der Waals surface area contributed by atoms with Crippen molar-refractivity contribution < 1.29 is 9.59 Å². The summed E-state index contributed by atoms with van der Waals surface area (Å²) in [5, 5.41) is 0.396. The summed E-state index contributed by atoms with van der Waals surface area (Å²) < 4.78 is 2.44. The minimum absolute atomic E-state index is 0.175. The molecule has 0 radical (unpaired) electrons. The highest BCUT2D eigenvalue weighted by molar-refractivity contribution is 5.83. The van der Waals surface area contributed by atoms with E-state index in [-0.39, 0.29) is 37.0 Å². The molecule has 1 saturated heterocycles. The maximum atomic E-state index is 12.6. The first-order chi connectivity index (χ1) is 11.9. The fraction of sp³-hybridized carbons (Fsp3) is 0.412. The van der Waals surface area contributed by atoms with E-state index >= 15 is 0 Å². The molecular formula is C17H20N4O4. The van der Waals surface area contributed by atoms with E-state index in [1.54, 1.807) is 31.2 Å². The first-order valence-electron chi connectivity index (χ1n) is 8.23. The first-order valence-corrected chi connectivity index (χ1v) is 8.23. The molecule has 8 nitrogen and oxygen atoms in total. The lowest BCUT2D eigenvalue weighted by Crippen LogP contribution is -2.43. The zero-order valence-electron chi connectivity index (χ0n) is 14.0. The fourth-order valence-corrected chi connectivity index (χ4v) is 3.26. The van der Waals surface area contributed by atoms with Gasteiger partial charge in [0, 0.05) is 19.6 Å². The summed E-state index contributed by atoms with van der Waals surface area (Å²) >= 11 is 0. The first kappa shape index (κ1) is 16.9. The molecule has 0 saturated carbocycles. The summed E-state index contributed by atoms with van der Waals surface area (Å²) in [5.41, 5.74) is 4.86. The maximum Gasteiger partial charge on any atom is 0.331 e. The molecule has 8 heteroatoms. The van der Waals surface area contributed by atoms with Crippen molar-refractivity contribution in [1.29, 1.82) is 0 Å². The second-order valence-electron chi connectivity index (χ2n) is 6.16. The smallest absolute Gasteiger partial charge is 0.331 e. The fourth-order valence-electron chi connectivity index (χ4n) is 3.26. The summed E-state index contributed by atoms with van der Waals surface area (Å²) in [6, 6.07) is 6.74. The molecule has 1 fully saturated rings. The summed E-state index contributed by atoms with van der Waals surface area (Å²) in [7, 11) is 0. The second kappa shape index (κ2) is 6.54. The van der Waals surface area contributed by atoms with Gasteiger partial charge in [0.05, 0.1) is 16.8 Å². The number of nitrogens with two attached hydrogens (primary N) is 1. The van der Waals surface area contributed by atoms with E-state index in [9.17, 15) is 19.2 Å². The van der Waals surface area contributed by atoms with Gasteiger partial charge in [0.25, 0.3) is 5.56 Å². The Balaban J connectivity index is 1.99. The number of hydrogen-bond donors (Lipinski definition) is 1. The van der Waals surface area contributed by atoms with E-state index in [1.165, 1.54) is 9.47 Å². The number of carbonyl (C=O) groups is 2. The van der Waals surface area contributed by atoms with Crippen molar-refractivity contribution >= 4 is 22.7 Å². The number of likely N-dealkylation sites (tertiary alicyclic amines) is 1. The van der Waals surface area contributed by atoms with Gasteiger partial charge in [0.15, 0.2) is 0 Å². The van der Waals surface area contributed by atoms with E-state index in [0.717, 1.165) is 4.57 Å². The minimum atomic E-state index is -0.509. The van der Waals surface area contributed by atoms with Gasteiger partial charge < -0.3 is 10.6 Å². The van der Waals surface area contributed by atoms with Crippen molar-refractivity contribution in [3.05, 3.63) is 45.1 Å². The molecule has 2 heterocycles. The van der Waals surface area contributed by atoms with Crippen LogP contribution in [0.15, 0.2) is 33.9 Å². The standard InChI is InChI=1S/C17H20N4O4/c1-2-20-16(24)12-5-3-4-6-13(12)21(17(20)25)10-14(22)19-8-7-11(9-19)15(18)23/h3-6,11H,2,7-10H2,1H3,(H2,18,23)/t11-/m0/s1. The zero-order valence-corrected chi connectivity index (χ0v) is 14.0. The van der Waals surface area contributed by atoms with E-state index in [0.29, 0.717) is 23.9 Å². The maximum absolute atomic E-state index is 12.6. The molecule has 1 aliphatic rings. The molecular weight excluding hydrogens is 324 g/mol. The third kappa shape index (κ3) is 2.95. The topological polar surface area (TPSA) is 107 Å². The van der Waals surface area contributed by atoms with Crippen LogP contribution >= 0.6 is 0 Å². The van der Waals surface area contributed by atoms with Gasteiger partial charge in [-0.05, 0) is 25.5 Å². The van der Waals surface area contributed by atoms with Crippen LogP contribution in [0.3, 0.4) is 0 Å². The van der Waals surface area contributed by atoms with Crippen molar-refractivity contribution in [3.63, 3.8) is 0 Å². The number of aromatic nitrogens is 2. The molecule has 1 atom stereocenters. The lowest BCUT2D eigenvalue weighted by atomic mass is 10.1. The van der Waals surface area contributed by atoms with Crippen molar-refractivity contribution in [2.24, 2.45) is 11.7 Å². The van der Waals surface area contributed by atoms with Gasteiger partial charge in [-0.2, -0.15) is 0 Å². The summed E-state index contributed by atoms with van der Waals surface area (Å²) in [6.07, 6.45) is 0.533. The monoisotopic (exact) mass is 344 g/mol. The molecule has 2 N–H and O–H groups in total. The van der Waals surface area contributed by atoms with Gasteiger partial charge in [-0.25, -0.2) is 4.79 Å². The summed E-state index contributed by atoms with van der Waals surface area (Å²) in [6.45, 7) is 2.47. The van der Waals surface area contributed by atoms with E-state index in [4.69, 9.17) is 5.73 Å². The predicted molar refractivity (Wildman–Crippen MR) is 92.0 cm³/mol. The number of nitrogens with zero attached hydrogens (tertiary/aromatic N) is 3. The minimum Gasteiger partial charge on any atom is -0.369 e. The second-order valence-corrected chi connectivity index (χ2v) is 6.16. The molecule has 2 aromatic rings. The molecule has 0 spiro atoms. The Kier molecular flexibility index (Phi) is 4.43. The highest BCUT2D eigenvalue weighted by Crippen LogP contribution is 2.16. The van der Waals surface area contributed by atoms with Crippen molar-refractivity contribution in [2.75, 3.05) is 13.1 Å². The number of hydrogen-bond acceptors (Lipinski definition) is 4. The average molecular weight is 344 g/mol. The molecule has 0 aliphatic carbocycles. The zero-order chi connectivity index (χ0) is 18.1. The molecule has 0 bridgehead atoms. The van der Waals surface area contributed by atoms with Crippen molar-refractivity contribution in [3.8, 4) is 0 Å². The highest BCUT2D eigenvalue weighted by atomic mass is 16.2. The third-order valence-corrected chi connectivity index (χ3v) is 4.69. The molecule has 1 aromatic heterocycles. The van der Waals surface area contributed by atoms with Crippen LogP contribution < -0.4 is 17.0 Å². The van der Waals surface area contributed by atoms with Crippen molar-refractivity contribution in [2.45, 2.75) is 26.4 Å². The molecule has 132 valence electrons. The normalized spacial score (nSPS) is 17.2. The van der Waals surface area contributed by atoms with E-state index < -0.39 is 11.6 Å². The van der Waals surface area contributed by atoms with Crippen molar-refractivity contribution in [1.82, 2.24) is 14.0 Å². The van der Waals surface area contributed by atoms with Crippen LogP contribution in [-0.2, 0) is 22.7 Å². The Labute approximate surface area is 143 Å². The van der Waals surface area contributed by atoms with Crippen LogP contribution in [0.4, 0.5) is 0 Å². The molecule has 0 unspecified atom stereocenters. The molecule has 1 aliphatic heterocycles. The van der Waals surface area contributed by atoms with Gasteiger partial charge in [-0.1, -0.05) is 12.1 Å². The van der Waals surface area contributed by atoms with Gasteiger partial charge in [-0.15, -0.1) is 0 Å². The van der Waals surface area contributed by atoms with Crippen LogP contribution in [0.2, 0.25) is 0 Å². The van der Waals surface area contributed by atoms with Crippen LogP contribution in [0.1, 0.15) is 13.3 Å². The van der Waals surface area contributed by atoms with Crippen LogP contribution in [0, 0.1) is 5.92 Å². The van der Waals surface area contributed by atoms with Gasteiger partial charge in [0.1, 0.15) is 6.54 Å². The highest BCUT2D eigenvalue weighted by Gasteiger charge is 2.30. The van der Waals surface area contributed by atoms with E-state index in [2.05, 4.69) is 0 Å². The van der Waals surface area contributed by atoms with Crippen LogP contribution in [0.5, 0.6) is 0 Å². The van der Waals surface area contributed by atoms with Crippen LogP contribution in [0.25, 0.3) is 10.9 Å². The van der Waals surface area contributed by atoms with Gasteiger partial charge in [-0.3, -0.25) is 23.5 Å². The predicted octanol–water partition coefficient (Wildman–Crippen LogP) is -0.483. The summed E-state index contributed by atoms with van der Waals surface area (Å²) in [4.78, 5) is 50.4. The lowest BCUT2D eigenvalue weighted by Gasteiger charge is -2.18. The SMILES string of the molecule is CCn1c(=O)c2ccccc2n(CC(=O)N2CC[C@H](C(N)=O)C2)c1=O. The molecule has 1 aromatic carbocycles. The number of para-hydroxylation sites is 1. The van der Waals surface area contributed by atoms with Gasteiger partial charge in [0.2, 0.25) is 11.8 Å². The number of benzene rings is 1. The van der Waals surface area contributed by atoms with E-state index in [1.807, 2.05) is 0 Å². The molecule has 2 amide bonds. The number of rotatable bonds is 4. The Morgan fingerprint density at radius 3 is 2.56 bits per heavy atom. The van der Waals surface area contributed by atoms with Crippen LogP contribution in [-0.4, -0.2) is 38.9 Å².